The maximum absolute atomic E-state index is 12.8. The monoisotopic (exact) mass is 420 g/mol. The summed E-state index contributed by atoms with van der Waals surface area (Å²) in [5.41, 5.74) is 3.55. The molecule has 5 nitrogen and oxygen atoms in total. The number of halogens is 1. The highest BCUT2D eigenvalue weighted by molar-refractivity contribution is 7.88. The van der Waals surface area contributed by atoms with Gasteiger partial charge in [-0.2, -0.15) is 0 Å². The highest BCUT2D eigenvalue weighted by Crippen LogP contribution is 2.24. The maximum atomic E-state index is 12.8. The molecule has 150 valence electrons. The van der Waals surface area contributed by atoms with Crippen molar-refractivity contribution in [2.24, 2.45) is 5.92 Å². The van der Waals surface area contributed by atoms with E-state index in [0.717, 1.165) is 16.8 Å². The van der Waals surface area contributed by atoms with Gasteiger partial charge < -0.3 is 5.32 Å². The van der Waals surface area contributed by atoms with E-state index in [-0.39, 0.29) is 24.1 Å². The Morgan fingerprint density at radius 1 is 1.18 bits per heavy atom. The first-order valence-corrected chi connectivity index (χ1v) is 11.3. The molecule has 1 saturated heterocycles. The molecule has 1 aliphatic heterocycles. The molecule has 1 fully saturated rings. The molecule has 7 heteroatoms. The maximum Gasteiger partial charge on any atom is 0.228 e. The molecule has 2 aromatic rings. The molecule has 0 radical (unpaired) electrons. The summed E-state index contributed by atoms with van der Waals surface area (Å²) in [6.07, 6.45) is 1.35. The minimum absolute atomic E-state index is 0.112. The van der Waals surface area contributed by atoms with Gasteiger partial charge in [0.2, 0.25) is 15.9 Å². The Balaban J connectivity index is 1.68. The van der Waals surface area contributed by atoms with Crippen LogP contribution >= 0.6 is 11.6 Å². The summed E-state index contributed by atoms with van der Waals surface area (Å²) in [6.45, 7) is 4.61. The first-order chi connectivity index (χ1) is 13.2. The van der Waals surface area contributed by atoms with Crippen molar-refractivity contribution in [2.45, 2.75) is 32.4 Å². The van der Waals surface area contributed by atoms with Crippen LogP contribution in [0.15, 0.2) is 42.5 Å². The van der Waals surface area contributed by atoms with Crippen molar-refractivity contribution in [1.82, 2.24) is 4.31 Å². The molecule has 0 spiro atoms. The lowest BCUT2D eigenvalue weighted by Gasteiger charge is -2.31. The van der Waals surface area contributed by atoms with E-state index in [1.165, 1.54) is 4.31 Å². The topological polar surface area (TPSA) is 66.5 Å². The van der Waals surface area contributed by atoms with Crippen molar-refractivity contribution in [3.63, 3.8) is 0 Å². The first kappa shape index (κ1) is 20.8. The van der Waals surface area contributed by atoms with E-state index in [2.05, 4.69) is 5.32 Å². The standard InChI is InChI=1S/C21H25ClN2O3S/c1-15-9-16(2)11-20(10-15)23-21(25)18-6-4-8-24(13-18)28(26,27)14-17-5-3-7-19(22)12-17/h3,5,7,9-12,18H,4,6,8,13-14H2,1-2H3,(H,23,25)/t18-/m1/s1. The van der Waals surface area contributed by atoms with Gasteiger partial charge >= 0.3 is 0 Å². The summed E-state index contributed by atoms with van der Waals surface area (Å²) in [5, 5.41) is 3.46. The number of rotatable bonds is 5. The predicted molar refractivity (Wildman–Crippen MR) is 113 cm³/mol. The summed E-state index contributed by atoms with van der Waals surface area (Å²) in [6, 6.07) is 12.7. The predicted octanol–water partition coefficient (Wildman–Crippen LogP) is 4.14. The van der Waals surface area contributed by atoms with Gasteiger partial charge in [-0.25, -0.2) is 12.7 Å². The van der Waals surface area contributed by atoms with Crippen molar-refractivity contribution in [3.8, 4) is 0 Å². The third kappa shape index (κ3) is 5.34. The molecule has 0 bridgehead atoms. The van der Waals surface area contributed by atoms with Gasteiger partial charge in [-0.15, -0.1) is 0 Å². The van der Waals surface area contributed by atoms with Crippen molar-refractivity contribution in [3.05, 3.63) is 64.2 Å². The number of sulfonamides is 1. The van der Waals surface area contributed by atoms with Crippen LogP contribution in [0.1, 0.15) is 29.5 Å². The Bertz CT molecular complexity index is 955. The second kappa shape index (κ2) is 8.64. The molecule has 3 rings (SSSR count). The van der Waals surface area contributed by atoms with Crippen LogP contribution in [-0.2, 0) is 20.6 Å². The van der Waals surface area contributed by atoms with Gasteiger partial charge in [0.15, 0.2) is 0 Å². The average molecular weight is 421 g/mol. The number of carbonyl (C=O) groups is 1. The van der Waals surface area contributed by atoms with Crippen LogP contribution in [0.5, 0.6) is 0 Å². The Kier molecular flexibility index (Phi) is 6.43. The number of nitrogens with one attached hydrogen (secondary N) is 1. The quantitative estimate of drug-likeness (QED) is 0.790. The van der Waals surface area contributed by atoms with Gasteiger partial charge in [0.25, 0.3) is 0 Å². The molecular weight excluding hydrogens is 396 g/mol. The van der Waals surface area contributed by atoms with Crippen molar-refractivity contribution in [1.29, 1.82) is 0 Å². The van der Waals surface area contributed by atoms with Crippen LogP contribution < -0.4 is 5.32 Å². The molecule has 1 aliphatic rings. The number of aryl methyl sites for hydroxylation is 2. The summed E-state index contributed by atoms with van der Waals surface area (Å²) < 4.78 is 27.1. The minimum atomic E-state index is -3.51. The lowest BCUT2D eigenvalue weighted by Crippen LogP contribution is -2.44. The van der Waals surface area contributed by atoms with Crippen molar-refractivity contribution < 1.29 is 13.2 Å². The fourth-order valence-electron chi connectivity index (χ4n) is 3.63. The highest BCUT2D eigenvalue weighted by atomic mass is 35.5. The molecule has 0 unspecified atom stereocenters. The van der Waals surface area contributed by atoms with Crippen LogP contribution in [0.4, 0.5) is 5.69 Å². The second-order valence-electron chi connectivity index (χ2n) is 7.45. The molecule has 0 aromatic heterocycles. The van der Waals surface area contributed by atoms with Crippen LogP contribution in [0.3, 0.4) is 0 Å². The normalized spacial score (nSPS) is 18.0. The molecule has 28 heavy (non-hydrogen) atoms. The van der Waals surface area contributed by atoms with E-state index in [1.807, 2.05) is 32.0 Å². The lowest BCUT2D eigenvalue weighted by molar-refractivity contribution is -0.120. The molecule has 1 atom stereocenters. The third-order valence-corrected chi connectivity index (χ3v) is 6.93. The molecule has 0 aliphatic carbocycles. The Morgan fingerprint density at radius 2 is 1.89 bits per heavy atom. The van der Waals surface area contributed by atoms with E-state index in [9.17, 15) is 13.2 Å². The Labute approximate surface area is 171 Å². The van der Waals surface area contributed by atoms with Crippen LogP contribution in [-0.4, -0.2) is 31.7 Å². The van der Waals surface area contributed by atoms with Crippen LogP contribution in [0.2, 0.25) is 5.02 Å². The van der Waals surface area contributed by atoms with Gasteiger partial charge in [-0.05, 0) is 67.6 Å². The molecule has 1 heterocycles. The summed E-state index contributed by atoms with van der Waals surface area (Å²) >= 11 is 5.96. The SMILES string of the molecule is Cc1cc(C)cc(NC(=O)[C@@H]2CCCN(S(=O)(=O)Cc3cccc(Cl)c3)C2)c1. The number of piperidine rings is 1. The highest BCUT2D eigenvalue weighted by Gasteiger charge is 2.32. The number of nitrogens with zero attached hydrogens (tertiary/aromatic N) is 1. The number of hydrogen-bond acceptors (Lipinski definition) is 3. The van der Waals surface area contributed by atoms with E-state index in [0.29, 0.717) is 30.0 Å². The Morgan fingerprint density at radius 3 is 2.57 bits per heavy atom. The van der Waals surface area contributed by atoms with Crippen molar-refractivity contribution in [2.75, 3.05) is 18.4 Å². The fraction of sp³-hybridized carbons (Fsp3) is 0.381. The van der Waals surface area contributed by atoms with Crippen molar-refractivity contribution >= 4 is 33.2 Å². The summed E-state index contributed by atoms with van der Waals surface area (Å²) in [7, 11) is -3.51. The van der Waals surface area contributed by atoms with E-state index < -0.39 is 10.0 Å². The number of anilines is 1. The molecule has 1 amide bonds. The van der Waals surface area contributed by atoms with Crippen LogP contribution in [0, 0.1) is 19.8 Å². The molecule has 2 aromatic carbocycles. The summed E-state index contributed by atoms with van der Waals surface area (Å²) in [5.74, 6) is -0.602. The van der Waals surface area contributed by atoms with E-state index in [1.54, 1.807) is 24.3 Å². The zero-order chi connectivity index (χ0) is 20.3. The zero-order valence-electron chi connectivity index (χ0n) is 16.1. The third-order valence-electron chi connectivity index (χ3n) is 4.88. The summed E-state index contributed by atoms with van der Waals surface area (Å²) in [4.78, 5) is 12.7. The lowest BCUT2D eigenvalue weighted by atomic mass is 9.98. The fourth-order valence-corrected chi connectivity index (χ4v) is 5.44. The smallest absolute Gasteiger partial charge is 0.228 e. The second-order valence-corrected chi connectivity index (χ2v) is 9.85. The van der Waals surface area contributed by atoms with Gasteiger partial charge in [0.05, 0.1) is 11.7 Å². The number of benzene rings is 2. The number of amides is 1. The number of hydrogen-bond donors (Lipinski definition) is 1. The van der Waals surface area contributed by atoms with Crippen LogP contribution in [0.25, 0.3) is 0 Å². The molecular formula is C21H25ClN2O3S. The first-order valence-electron chi connectivity index (χ1n) is 9.34. The number of carbonyl (C=O) groups excluding carboxylic acids is 1. The van der Waals surface area contributed by atoms with Gasteiger partial charge in [0.1, 0.15) is 0 Å². The van der Waals surface area contributed by atoms with Gasteiger partial charge in [-0.1, -0.05) is 29.8 Å². The zero-order valence-corrected chi connectivity index (χ0v) is 17.7. The van der Waals surface area contributed by atoms with Gasteiger partial charge in [-0.3, -0.25) is 4.79 Å². The molecule has 0 saturated carbocycles. The minimum Gasteiger partial charge on any atom is -0.326 e. The van der Waals surface area contributed by atoms with E-state index in [4.69, 9.17) is 11.6 Å². The largest absolute Gasteiger partial charge is 0.326 e. The van der Waals surface area contributed by atoms with Gasteiger partial charge in [0, 0.05) is 23.8 Å². The molecule has 1 N–H and O–H groups in total. The van der Waals surface area contributed by atoms with E-state index >= 15 is 0 Å². The average Bonchev–Trinajstić information content (AvgIpc) is 2.60. The Hall–Kier alpha value is -1.89.